The van der Waals surface area contributed by atoms with Gasteiger partial charge >= 0.3 is 0 Å². The number of nitrogens with one attached hydrogen (secondary N) is 1. The lowest BCUT2D eigenvalue weighted by molar-refractivity contribution is 0.304. The Morgan fingerprint density at radius 1 is 1.14 bits per heavy atom. The Morgan fingerprint density at radius 2 is 1.81 bits per heavy atom. The number of hydrogen-bond donors (Lipinski definition) is 1. The molecule has 0 radical (unpaired) electrons. The summed E-state index contributed by atoms with van der Waals surface area (Å²) in [6, 6.07) is 9.90. The molecule has 0 spiro atoms. The Kier molecular flexibility index (Phi) is 5.79. The van der Waals surface area contributed by atoms with Gasteiger partial charge in [0, 0.05) is 16.2 Å². The summed E-state index contributed by atoms with van der Waals surface area (Å²) in [5.74, 6) is 0.918. The van der Waals surface area contributed by atoms with Crippen LogP contribution in [0, 0.1) is 5.92 Å². The number of thioether (sulfide) groups is 1. The molecule has 3 unspecified atom stereocenters. The van der Waals surface area contributed by atoms with Gasteiger partial charge in [0.1, 0.15) is 0 Å². The molecule has 1 fully saturated rings. The normalized spacial score (nSPS) is 26.8. The SMILES string of the molecule is CCC1CCC(NC)C(Sc2ccc(C(C)(C)C)cc2)C1. The zero-order valence-electron chi connectivity index (χ0n) is 14.3. The van der Waals surface area contributed by atoms with E-state index < -0.39 is 0 Å². The van der Waals surface area contributed by atoms with Crippen molar-refractivity contribution in [2.45, 2.75) is 75.0 Å². The van der Waals surface area contributed by atoms with Gasteiger partial charge < -0.3 is 5.32 Å². The Morgan fingerprint density at radius 3 is 2.33 bits per heavy atom. The van der Waals surface area contributed by atoms with Crippen LogP contribution in [0.3, 0.4) is 0 Å². The third kappa shape index (κ3) is 4.50. The summed E-state index contributed by atoms with van der Waals surface area (Å²) in [6.07, 6.45) is 5.40. The van der Waals surface area contributed by atoms with Gasteiger partial charge in [0.2, 0.25) is 0 Å². The maximum atomic E-state index is 3.53. The maximum absolute atomic E-state index is 3.53. The van der Waals surface area contributed by atoms with Gasteiger partial charge in [-0.05, 0) is 55.3 Å². The topological polar surface area (TPSA) is 12.0 Å². The van der Waals surface area contributed by atoms with Gasteiger partial charge in [0.15, 0.2) is 0 Å². The minimum absolute atomic E-state index is 0.245. The molecular formula is C19H31NS. The van der Waals surface area contributed by atoms with Gasteiger partial charge in [-0.15, -0.1) is 11.8 Å². The molecule has 1 saturated carbocycles. The summed E-state index contributed by atoms with van der Waals surface area (Å²) in [4.78, 5) is 1.42. The van der Waals surface area contributed by atoms with E-state index in [1.54, 1.807) is 0 Å². The van der Waals surface area contributed by atoms with Gasteiger partial charge in [-0.2, -0.15) is 0 Å². The molecule has 0 amide bonds. The molecule has 21 heavy (non-hydrogen) atoms. The quantitative estimate of drug-likeness (QED) is 0.816. The minimum atomic E-state index is 0.245. The molecule has 0 bridgehead atoms. The fraction of sp³-hybridized carbons (Fsp3) is 0.684. The van der Waals surface area contributed by atoms with E-state index in [0.29, 0.717) is 11.3 Å². The standard InChI is InChI=1S/C19H31NS/c1-6-14-7-12-17(20-5)18(13-14)21-16-10-8-15(9-11-16)19(2,3)4/h8-11,14,17-18,20H,6-7,12-13H2,1-5H3. The average Bonchev–Trinajstić information content (AvgIpc) is 2.46. The van der Waals surface area contributed by atoms with Crippen molar-refractivity contribution in [1.82, 2.24) is 5.32 Å². The van der Waals surface area contributed by atoms with Crippen molar-refractivity contribution in [3.8, 4) is 0 Å². The van der Waals surface area contributed by atoms with Crippen LogP contribution in [0.1, 0.15) is 58.9 Å². The summed E-state index contributed by atoms with van der Waals surface area (Å²) in [5, 5.41) is 4.25. The highest BCUT2D eigenvalue weighted by atomic mass is 32.2. The first kappa shape index (κ1) is 16.9. The molecule has 0 aliphatic heterocycles. The van der Waals surface area contributed by atoms with Crippen molar-refractivity contribution in [1.29, 1.82) is 0 Å². The van der Waals surface area contributed by atoms with Crippen molar-refractivity contribution in [3.05, 3.63) is 29.8 Å². The monoisotopic (exact) mass is 305 g/mol. The molecule has 118 valence electrons. The van der Waals surface area contributed by atoms with E-state index >= 15 is 0 Å². The van der Waals surface area contributed by atoms with E-state index in [9.17, 15) is 0 Å². The van der Waals surface area contributed by atoms with Crippen molar-refractivity contribution >= 4 is 11.8 Å². The van der Waals surface area contributed by atoms with Crippen LogP contribution >= 0.6 is 11.8 Å². The predicted octanol–water partition coefficient (Wildman–Crippen LogP) is 5.24. The van der Waals surface area contributed by atoms with Crippen LogP contribution in [-0.4, -0.2) is 18.3 Å². The largest absolute Gasteiger partial charge is 0.316 e. The summed E-state index contributed by atoms with van der Waals surface area (Å²) in [5.41, 5.74) is 1.67. The Labute approximate surface area is 135 Å². The third-order valence-electron chi connectivity index (χ3n) is 4.86. The van der Waals surface area contributed by atoms with Crippen LogP contribution in [0.2, 0.25) is 0 Å². The first-order valence-electron chi connectivity index (χ1n) is 8.38. The van der Waals surface area contributed by atoms with Gasteiger partial charge in [0.25, 0.3) is 0 Å². The molecule has 3 atom stereocenters. The molecule has 1 aliphatic rings. The van der Waals surface area contributed by atoms with Gasteiger partial charge in [-0.3, -0.25) is 0 Å². The van der Waals surface area contributed by atoms with Crippen molar-refractivity contribution in [2.75, 3.05) is 7.05 Å². The van der Waals surface area contributed by atoms with Gasteiger partial charge in [-0.25, -0.2) is 0 Å². The first-order chi connectivity index (χ1) is 9.94. The van der Waals surface area contributed by atoms with E-state index in [1.807, 2.05) is 0 Å². The molecule has 1 aliphatic carbocycles. The molecule has 0 aromatic heterocycles. The highest BCUT2D eigenvalue weighted by Crippen LogP contribution is 2.38. The Balaban J connectivity index is 2.05. The molecule has 1 aromatic rings. The molecular weight excluding hydrogens is 274 g/mol. The van der Waals surface area contributed by atoms with E-state index in [4.69, 9.17) is 0 Å². The van der Waals surface area contributed by atoms with Crippen LogP contribution in [0.15, 0.2) is 29.2 Å². The van der Waals surface area contributed by atoms with E-state index in [0.717, 1.165) is 5.92 Å². The summed E-state index contributed by atoms with van der Waals surface area (Å²) >= 11 is 2.07. The second kappa shape index (κ2) is 7.19. The van der Waals surface area contributed by atoms with Crippen LogP contribution in [0.25, 0.3) is 0 Å². The number of hydrogen-bond acceptors (Lipinski definition) is 2. The molecule has 1 N–H and O–H groups in total. The van der Waals surface area contributed by atoms with Crippen LogP contribution in [0.5, 0.6) is 0 Å². The fourth-order valence-electron chi connectivity index (χ4n) is 3.25. The van der Waals surface area contributed by atoms with Crippen LogP contribution < -0.4 is 5.32 Å². The summed E-state index contributed by atoms with van der Waals surface area (Å²) in [6.45, 7) is 9.17. The van der Waals surface area contributed by atoms with E-state index in [1.165, 1.54) is 36.1 Å². The third-order valence-corrected chi connectivity index (χ3v) is 6.22. The number of rotatable bonds is 4. The lowest BCUT2D eigenvalue weighted by atomic mass is 9.84. The predicted molar refractivity (Wildman–Crippen MR) is 95.3 cm³/mol. The summed E-state index contributed by atoms with van der Waals surface area (Å²) in [7, 11) is 2.12. The second-order valence-electron chi connectivity index (χ2n) is 7.41. The number of benzene rings is 1. The van der Waals surface area contributed by atoms with Crippen molar-refractivity contribution in [3.63, 3.8) is 0 Å². The van der Waals surface area contributed by atoms with Crippen LogP contribution in [0.4, 0.5) is 0 Å². The molecule has 0 saturated heterocycles. The van der Waals surface area contributed by atoms with Crippen molar-refractivity contribution < 1.29 is 0 Å². The smallest absolute Gasteiger partial charge is 0.0250 e. The van der Waals surface area contributed by atoms with Crippen LogP contribution in [-0.2, 0) is 5.41 Å². The first-order valence-corrected chi connectivity index (χ1v) is 9.26. The van der Waals surface area contributed by atoms with Gasteiger partial charge in [-0.1, -0.05) is 46.2 Å². The molecule has 1 nitrogen and oxygen atoms in total. The van der Waals surface area contributed by atoms with Crippen molar-refractivity contribution in [2.24, 2.45) is 5.92 Å². The Bertz CT molecular complexity index is 432. The van der Waals surface area contributed by atoms with Gasteiger partial charge in [0.05, 0.1) is 0 Å². The zero-order valence-corrected chi connectivity index (χ0v) is 15.1. The highest BCUT2D eigenvalue weighted by Gasteiger charge is 2.29. The molecule has 1 aromatic carbocycles. The highest BCUT2D eigenvalue weighted by molar-refractivity contribution is 8.00. The summed E-state index contributed by atoms with van der Waals surface area (Å²) < 4.78 is 0. The zero-order chi connectivity index (χ0) is 15.5. The van der Waals surface area contributed by atoms with E-state index in [2.05, 4.69) is 76.1 Å². The van der Waals surface area contributed by atoms with E-state index in [-0.39, 0.29) is 5.41 Å². The molecule has 2 rings (SSSR count). The lowest BCUT2D eigenvalue weighted by Gasteiger charge is -2.35. The minimum Gasteiger partial charge on any atom is -0.316 e. The average molecular weight is 306 g/mol. The lowest BCUT2D eigenvalue weighted by Crippen LogP contribution is -2.40. The molecule has 2 heteroatoms. The molecule has 0 heterocycles. The Hall–Kier alpha value is -0.470. The maximum Gasteiger partial charge on any atom is 0.0250 e. The fourth-order valence-corrected chi connectivity index (χ4v) is 4.70. The second-order valence-corrected chi connectivity index (χ2v) is 8.73.